The standard InChI is InChI=1S/C16H10N4S/c1-3-7-11-9(5-1)10-6-2-4-8-12(10)14-13(11)17-15-16(18-14)20-21-19-15/h1-3,5-7H,4,8H2. The molecule has 21 heavy (non-hydrogen) atoms. The van der Waals surface area contributed by atoms with E-state index in [9.17, 15) is 0 Å². The Morgan fingerprint density at radius 1 is 0.905 bits per heavy atom. The van der Waals surface area contributed by atoms with E-state index >= 15 is 0 Å². The molecule has 1 aliphatic rings. The zero-order valence-electron chi connectivity index (χ0n) is 11.1. The Hall–Kier alpha value is -2.40. The van der Waals surface area contributed by atoms with Crippen molar-refractivity contribution in [3.8, 4) is 0 Å². The van der Waals surface area contributed by atoms with E-state index in [4.69, 9.17) is 9.97 Å². The minimum atomic E-state index is 0.643. The topological polar surface area (TPSA) is 51.6 Å². The van der Waals surface area contributed by atoms with Crippen molar-refractivity contribution in [1.82, 2.24) is 18.7 Å². The second kappa shape index (κ2) is 4.05. The number of fused-ring (bicyclic) bond motifs is 7. The van der Waals surface area contributed by atoms with Crippen molar-refractivity contribution in [2.45, 2.75) is 12.8 Å². The Bertz CT molecular complexity index is 1050. The molecule has 1 aliphatic carbocycles. The van der Waals surface area contributed by atoms with E-state index in [2.05, 4.69) is 39.1 Å². The third-order valence-electron chi connectivity index (χ3n) is 4.04. The molecule has 0 radical (unpaired) electrons. The molecule has 0 saturated carbocycles. The van der Waals surface area contributed by atoms with Crippen molar-refractivity contribution in [1.29, 1.82) is 0 Å². The lowest BCUT2D eigenvalue weighted by Crippen LogP contribution is -2.01. The van der Waals surface area contributed by atoms with Crippen LogP contribution < -0.4 is 0 Å². The average Bonchev–Trinajstić information content (AvgIpc) is 3.01. The molecule has 2 aromatic heterocycles. The Kier molecular flexibility index (Phi) is 2.18. The van der Waals surface area contributed by atoms with Gasteiger partial charge < -0.3 is 0 Å². The fraction of sp³-hybridized carbons (Fsp3) is 0.125. The van der Waals surface area contributed by atoms with E-state index in [1.54, 1.807) is 0 Å². The predicted molar refractivity (Wildman–Crippen MR) is 85.4 cm³/mol. The summed E-state index contributed by atoms with van der Waals surface area (Å²) < 4.78 is 8.47. The van der Waals surface area contributed by atoms with Crippen molar-refractivity contribution < 1.29 is 0 Å². The van der Waals surface area contributed by atoms with Gasteiger partial charge in [-0.3, -0.25) is 0 Å². The van der Waals surface area contributed by atoms with Crippen molar-refractivity contribution in [2.24, 2.45) is 0 Å². The van der Waals surface area contributed by atoms with Gasteiger partial charge in [-0.1, -0.05) is 36.4 Å². The van der Waals surface area contributed by atoms with Crippen LogP contribution in [0.25, 0.3) is 39.2 Å². The minimum Gasteiger partial charge on any atom is -0.222 e. The molecule has 4 nitrogen and oxygen atoms in total. The smallest absolute Gasteiger partial charge is 0.213 e. The van der Waals surface area contributed by atoms with Gasteiger partial charge in [0.1, 0.15) is 0 Å². The first-order valence-electron chi connectivity index (χ1n) is 6.92. The maximum absolute atomic E-state index is 4.74. The van der Waals surface area contributed by atoms with E-state index < -0.39 is 0 Å². The van der Waals surface area contributed by atoms with Gasteiger partial charge in [-0.15, -0.1) is 0 Å². The van der Waals surface area contributed by atoms with E-state index in [1.165, 1.54) is 28.2 Å². The summed E-state index contributed by atoms with van der Waals surface area (Å²) in [7, 11) is 0. The number of hydrogen-bond acceptors (Lipinski definition) is 5. The van der Waals surface area contributed by atoms with Crippen LogP contribution in [0.4, 0.5) is 0 Å². The molecule has 0 bridgehead atoms. The van der Waals surface area contributed by atoms with E-state index in [-0.39, 0.29) is 0 Å². The van der Waals surface area contributed by atoms with Gasteiger partial charge in [0.15, 0.2) is 0 Å². The molecule has 4 aromatic rings. The number of hydrogen-bond donors (Lipinski definition) is 0. The quantitative estimate of drug-likeness (QED) is 0.463. The molecule has 0 saturated heterocycles. The van der Waals surface area contributed by atoms with Gasteiger partial charge in [-0.2, -0.15) is 8.75 Å². The molecule has 2 aromatic carbocycles. The van der Waals surface area contributed by atoms with Crippen LogP contribution in [0.15, 0.2) is 30.3 Å². The van der Waals surface area contributed by atoms with Crippen LogP contribution in [0.5, 0.6) is 0 Å². The van der Waals surface area contributed by atoms with Crippen molar-refractivity contribution in [3.63, 3.8) is 0 Å². The normalized spacial score (nSPS) is 14.1. The summed E-state index contributed by atoms with van der Waals surface area (Å²) in [6, 6.07) is 8.40. The Balaban J connectivity index is 2.11. The third kappa shape index (κ3) is 1.49. The molecule has 0 aliphatic heterocycles. The van der Waals surface area contributed by atoms with Crippen LogP contribution in [0, 0.1) is 0 Å². The summed E-state index contributed by atoms with van der Waals surface area (Å²) >= 11 is 1.17. The van der Waals surface area contributed by atoms with Gasteiger partial charge in [0.25, 0.3) is 0 Å². The maximum atomic E-state index is 4.74. The SMILES string of the molecule is C1=Cc2c(c3nc4nsnc4nc3c3ccccc23)CC1. The van der Waals surface area contributed by atoms with Gasteiger partial charge in [0, 0.05) is 5.39 Å². The molecule has 0 N–H and O–H groups in total. The Labute approximate surface area is 124 Å². The van der Waals surface area contributed by atoms with Gasteiger partial charge in [-0.05, 0) is 29.4 Å². The van der Waals surface area contributed by atoms with E-state index in [0.717, 1.165) is 29.3 Å². The highest BCUT2D eigenvalue weighted by atomic mass is 32.1. The first-order chi connectivity index (χ1) is 10.4. The maximum Gasteiger partial charge on any atom is 0.213 e. The number of aryl methyl sites for hydroxylation is 1. The van der Waals surface area contributed by atoms with Gasteiger partial charge in [0.2, 0.25) is 11.3 Å². The summed E-state index contributed by atoms with van der Waals surface area (Å²) in [5.41, 5.74) is 5.78. The fourth-order valence-electron chi connectivity index (χ4n) is 3.12. The molecule has 0 amide bonds. The zero-order valence-corrected chi connectivity index (χ0v) is 11.9. The molecule has 5 rings (SSSR count). The summed E-state index contributed by atoms with van der Waals surface area (Å²) in [6.07, 6.45) is 6.50. The van der Waals surface area contributed by atoms with E-state index in [1.807, 2.05) is 6.07 Å². The molecule has 5 heteroatoms. The second-order valence-corrected chi connectivity index (χ2v) is 5.74. The van der Waals surface area contributed by atoms with Crippen LogP contribution in [0.3, 0.4) is 0 Å². The van der Waals surface area contributed by atoms with Gasteiger partial charge in [-0.25, -0.2) is 9.97 Å². The van der Waals surface area contributed by atoms with Crippen LogP contribution in [-0.4, -0.2) is 18.7 Å². The second-order valence-electron chi connectivity index (χ2n) is 5.21. The highest BCUT2D eigenvalue weighted by Crippen LogP contribution is 2.35. The molecule has 0 spiro atoms. The molecule has 2 heterocycles. The van der Waals surface area contributed by atoms with Crippen LogP contribution in [0.1, 0.15) is 17.5 Å². The molecule has 0 fully saturated rings. The summed E-state index contributed by atoms with van der Waals surface area (Å²) in [6.45, 7) is 0. The monoisotopic (exact) mass is 290 g/mol. The van der Waals surface area contributed by atoms with Gasteiger partial charge in [0.05, 0.1) is 22.8 Å². The van der Waals surface area contributed by atoms with Crippen molar-refractivity contribution in [3.05, 3.63) is 41.5 Å². The van der Waals surface area contributed by atoms with Gasteiger partial charge >= 0.3 is 0 Å². The first-order valence-corrected chi connectivity index (χ1v) is 7.65. The lowest BCUT2D eigenvalue weighted by atomic mass is 9.90. The zero-order chi connectivity index (χ0) is 13.8. The summed E-state index contributed by atoms with van der Waals surface area (Å²) in [4.78, 5) is 9.47. The highest BCUT2D eigenvalue weighted by molar-refractivity contribution is 7.00. The third-order valence-corrected chi connectivity index (χ3v) is 4.55. The van der Waals surface area contributed by atoms with E-state index in [0.29, 0.717) is 11.3 Å². The average molecular weight is 290 g/mol. The van der Waals surface area contributed by atoms with Crippen LogP contribution in [0.2, 0.25) is 0 Å². The van der Waals surface area contributed by atoms with Crippen molar-refractivity contribution >= 4 is 50.9 Å². The highest BCUT2D eigenvalue weighted by Gasteiger charge is 2.18. The van der Waals surface area contributed by atoms with Crippen molar-refractivity contribution in [2.75, 3.05) is 0 Å². The largest absolute Gasteiger partial charge is 0.222 e. The van der Waals surface area contributed by atoms with Crippen LogP contribution >= 0.6 is 11.7 Å². The number of nitrogens with zero attached hydrogens (tertiary/aromatic N) is 4. The number of rotatable bonds is 0. The Morgan fingerprint density at radius 2 is 1.67 bits per heavy atom. The molecule has 100 valence electrons. The Morgan fingerprint density at radius 3 is 2.52 bits per heavy atom. The molecule has 0 unspecified atom stereocenters. The lowest BCUT2D eigenvalue weighted by molar-refractivity contribution is 0.995. The summed E-state index contributed by atoms with van der Waals surface area (Å²) in [5, 5.41) is 2.38. The lowest BCUT2D eigenvalue weighted by Gasteiger charge is -2.16. The first kappa shape index (κ1) is 11.3. The summed E-state index contributed by atoms with van der Waals surface area (Å²) in [5.74, 6) is 0. The molecule has 0 atom stereocenters. The number of aromatic nitrogens is 4. The minimum absolute atomic E-state index is 0.643. The fourth-order valence-corrected chi connectivity index (χ4v) is 3.56. The molecular weight excluding hydrogens is 280 g/mol. The van der Waals surface area contributed by atoms with Crippen LogP contribution in [-0.2, 0) is 6.42 Å². The number of allylic oxidation sites excluding steroid dienone is 1. The number of benzene rings is 2. The molecular formula is C16H10N4S. The predicted octanol–water partition coefficient (Wildman–Crippen LogP) is 3.75.